The molecule has 0 aliphatic heterocycles. The smallest absolute Gasteiger partial charge is 0.276 e. The average molecular weight is 434 g/mol. The first-order valence-corrected chi connectivity index (χ1v) is 8.74. The third-order valence-corrected chi connectivity index (χ3v) is 4.88. The molecule has 2 aromatic carbocycles. The number of phenols is 1. The summed E-state index contributed by atoms with van der Waals surface area (Å²) in [7, 11) is -3.70. The van der Waals surface area contributed by atoms with E-state index >= 15 is 0 Å². The van der Waals surface area contributed by atoms with Gasteiger partial charge in [-0.1, -0.05) is 15.9 Å². The summed E-state index contributed by atoms with van der Waals surface area (Å²) in [6, 6.07) is 10.9. The van der Waals surface area contributed by atoms with Crippen molar-refractivity contribution in [3.63, 3.8) is 0 Å². The van der Waals surface area contributed by atoms with Gasteiger partial charge in [0.2, 0.25) is 0 Å². The third-order valence-electron chi connectivity index (χ3n) is 2.48. The highest BCUT2D eigenvalue weighted by atomic mass is 79.9. The molecule has 5 nitrogen and oxygen atoms in total. The van der Waals surface area contributed by atoms with Crippen LogP contribution in [0.15, 0.2) is 61.4 Å². The summed E-state index contributed by atoms with van der Waals surface area (Å²) < 4.78 is 25.2. The Bertz CT molecular complexity index is 775. The highest BCUT2D eigenvalue weighted by molar-refractivity contribution is 9.10. The normalized spacial score (nSPS) is 11.7. The van der Waals surface area contributed by atoms with Crippen LogP contribution < -0.4 is 4.83 Å². The van der Waals surface area contributed by atoms with E-state index in [-0.39, 0.29) is 10.6 Å². The third kappa shape index (κ3) is 4.29. The number of sulfonamides is 1. The standard InChI is InChI=1S/C13H10Br2N2O3S/c14-10-2-4-11(5-3-10)21(19,20)17-16-8-9-1-6-13(18)12(15)7-9/h1-8,17-18H/b16-8+. The quantitative estimate of drug-likeness (QED) is 0.573. The maximum Gasteiger partial charge on any atom is 0.276 e. The Labute approximate surface area is 139 Å². The van der Waals surface area contributed by atoms with Crippen LogP contribution in [-0.2, 0) is 10.0 Å². The molecule has 0 aromatic heterocycles. The number of rotatable bonds is 4. The molecule has 0 heterocycles. The van der Waals surface area contributed by atoms with Crippen LogP contribution in [-0.4, -0.2) is 19.7 Å². The van der Waals surface area contributed by atoms with E-state index < -0.39 is 10.0 Å². The molecule has 110 valence electrons. The molecule has 2 rings (SSSR count). The van der Waals surface area contributed by atoms with Crippen molar-refractivity contribution in [1.29, 1.82) is 0 Å². The van der Waals surface area contributed by atoms with E-state index in [0.29, 0.717) is 10.0 Å². The van der Waals surface area contributed by atoms with Gasteiger partial charge in [-0.25, -0.2) is 4.83 Å². The van der Waals surface area contributed by atoms with Crippen LogP contribution in [0.25, 0.3) is 0 Å². The fourth-order valence-corrected chi connectivity index (χ4v) is 2.89. The number of hydrogen-bond donors (Lipinski definition) is 2. The molecule has 0 fully saturated rings. The fraction of sp³-hybridized carbons (Fsp3) is 0. The molecule has 0 atom stereocenters. The molecule has 0 saturated carbocycles. The molecule has 0 aliphatic carbocycles. The predicted octanol–water partition coefficient (Wildman–Crippen LogP) is 3.23. The van der Waals surface area contributed by atoms with Gasteiger partial charge in [0.1, 0.15) is 5.75 Å². The lowest BCUT2D eigenvalue weighted by Gasteiger charge is -2.03. The molecule has 2 aromatic rings. The number of nitrogens with one attached hydrogen (secondary N) is 1. The first-order chi connectivity index (χ1) is 9.88. The van der Waals surface area contributed by atoms with Crippen molar-refractivity contribution in [3.05, 3.63) is 57.0 Å². The molecule has 0 unspecified atom stereocenters. The second kappa shape index (κ2) is 6.59. The molecule has 2 N–H and O–H groups in total. The molecular formula is C13H10Br2N2O3S. The van der Waals surface area contributed by atoms with Gasteiger partial charge in [-0.05, 0) is 64.0 Å². The van der Waals surface area contributed by atoms with Crippen molar-refractivity contribution in [3.8, 4) is 5.75 Å². The van der Waals surface area contributed by atoms with Crippen molar-refractivity contribution in [2.24, 2.45) is 5.10 Å². The second-order valence-corrected chi connectivity index (χ2v) is 7.45. The Balaban J connectivity index is 2.12. The first kappa shape index (κ1) is 16.0. The molecule has 0 saturated heterocycles. The molecule has 0 amide bonds. The number of phenolic OH excluding ortho intramolecular Hbond substituents is 1. The summed E-state index contributed by atoms with van der Waals surface area (Å²) in [6.45, 7) is 0. The molecule has 21 heavy (non-hydrogen) atoms. The van der Waals surface area contributed by atoms with Gasteiger partial charge in [-0.2, -0.15) is 13.5 Å². The van der Waals surface area contributed by atoms with Crippen LogP contribution in [0, 0.1) is 0 Å². The van der Waals surface area contributed by atoms with Crippen LogP contribution >= 0.6 is 31.9 Å². The minimum absolute atomic E-state index is 0.0996. The maximum absolute atomic E-state index is 12.0. The van der Waals surface area contributed by atoms with Gasteiger partial charge in [-0.3, -0.25) is 0 Å². The first-order valence-electron chi connectivity index (χ1n) is 5.67. The van der Waals surface area contributed by atoms with Gasteiger partial charge >= 0.3 is 0 Å². The van der Waals surface area contributed by atoms with Gasteiger partial charge in [0.15, 0.2) is 0 Å². The highest BCUT2D eigenvalue weighted by Gasteiger charge is 2.11. The summed E-state index contributed by atoms with van der Waals surface area (Å²) in [5.41, 5.74) is 0.637. The molecule has 0 spiro atoms. The largest absolute Gasteiger partial charge is 0.507 e. The Hall–Kier alpha value is -1.38. The van der Waals surface area contributed by atoms with Gasteiger partial charge < -0.3 is 5.11 Å². The van der Waals surface area contributed by atoms with Crippen molar-refractivity contribution >= 4 is 48.1 Å². The van der Waals surface area contributed by atoms with Crippen LogP contribution in [0.2, 0.25) is 0 Å². The van der Waals surface area contributed by atoms with E-state index in [1.807, 2.05) is 0 Å². The van der Waals surface area contributed by atoms with E-state index in [9.17, 15) is 13.5 Å². The van der Waals surface area contributed by atoms with Gasteiger partial charge in [0.05, 0.1) is 15.6 Å². The predicted molar refractivity (Wildman–Crippen MR) is 87.9 cm³/mol. The molecular weight excluding hydrogens is 424 g/mol. The maximum atomic E-state index is 12.0. The van der Waals surface area contributed by atoms with Gasteiger partial charge in [0.25, 0.3) is 10.0 Å². The zero-order chi connectivity index (χ0) is 15.5. The molecule has 0 radical (unpaired) electrons. The number of aromatic hydroxyl groups is 1. The lowest BCUT2D eigenvalue weighted by molar-refractivity contribution is 0.472. The number of nitrogens with zero attached hydrogens (tertiary/aromatic N) is 1. The summed E-state index contributed by atoms with van der Waals surface area (Å²) in [4.78, 5) is 2.25. The van der Waals surface area contributed by atoms with E-state index in [1.54, 1.807) is 24.3 Å². The van der Waals surface area contributed by atoms with Crippen LogP contribution in [0.5, 0.6) is 5.75 Å². The van der Waals surface area contributed by atoms with Crippen LogP contribution in [0.1, 0.15) is 5.56 Å². The van der Waals surface area contributed by atoms with Crippen molar-refractivity contribution < 1.29 is 13.5 Å². The molecule has 0 aliphatic rings. The molecule has 0 bridgehead atoms. The summed E-state index contributed by atoms with van der Waals surface area (Å²) in [6.07, 6.45) is 1.35. The Morgan fingerprint density at radius 3 is 2.38 bits per heavy atom. The van der Waals surface area contributed by atoms with Gasteiger partial charge in [-0.15, -0.1) is 0 Å². The Morgan fingerprint density at radius 1 is 1.10 bits per heavy atom. The monoisotopic (exact) mass is 432 g/mol. The Morgan fingerprint density at radius 2 is 1.76 bits per heavy atom. The summed E-state index contributed by atoms with van der Waals surface area (Å²) in [5, 5.41) is 13.1. The topological polar surface area (TPSA) is 78.8 Å². The van der Waals surface area contributed by atoms with E-state index in [1.165, 1.54) is 24.4 Å². The number of halogens is 2. The van der Waals surface area contributed by atoms with E-state index in [4.69, 9.17) is 0 Å². The van der Waals surface area contributed by atoms with Crippen LogP contribution in [0.4, 0.5) is 0 Å². The molecule has 8 heteroatoms. The van der Waals surface area contributed by atoms with E-state index in [2.05, 4.69) is 41.8 Å². The van der Waals surface area contributed by atoms with Crippen LogP contribution in [0.3, 0.4) is 0 Å². The number of hydrogen-bond acceptors (Lipinski definition) is 4. The lowest BCUT2D eigenvalue weighted by Crippen LogP contribution is -2.18. The Kier molecular flexibility index (Phi) is 5.02. The SMILES string of the molecule is O=S(=O)(N/N=C/c1ccc(O)c(Br)c1)c1ccc(Br)cc1. The van der Waals surface area contributed by atoms with Gasteiger partial charge in [0, 0.05) is 4.47 Å². The minimum atomic E-state index is -3.70. The van der Waals surface area contributed by atoms with Crippen molar-refractivity contribution in [2.75, 3.05) is 0 Å². The minimum Gasteiger partial charge on any atom is -0.507 e. The average Bonchev–Trinajstić information content (AvgIpc) is 2.43. The summed E-state index contributed by atoms with van der Waals surface area (Å²) >= 11 is 6.40. The second-order valence-electron chi connectivity index (χ2n) is 4.02. The number of hydrazone groups is 1. The van der Waals surface area contributed by atoms with Crippen molar-refractivity contribution in [1.82, 2.24) is 4.83 Å². The number of benzene rings is 2. The lowest BCUT2D eigenvalue weighted by atomic mass is 10.2. The summed E-state index contributed by atoms with van der Waals surface area (Å²) in [5.74, 6) is 0.0996. The fourth-order valence-electron chi connectivity index (χ4n) is 1.44. The van der Waals surface area contributed by atoms with Crippen molar-refractivity contribution in [2.45, 2.75) is 4.90 Å². The highest BCUT2D eigenvalue weighted by Crippen LogP contribution is 2.23. The zero-order valence-corrected chi connectivity index (χ0v) is 14.5. The zero-order valence-electron chi connectivity index (χ0n) is 10.5. The van der Waals surface area contributed by atoms with E-state index in [0.717, 1.165) is 4.47 Å².